The quantitative estimate of drug-likeness (QED) is 0.218. The van der Waals surface area contributed by atoms with Crippen LogP contribution in [0.5, 0.6) is 0 Å². The van der Waals surface area contributed by atoms with Crippen LogP contribution < -0.4 is 20.9 Å². The van der Waals surface area contributed by atoms with E-state index in [0.29, 0.717) is 44.6 Å². The van der Waals surface area contributed by atoms with Crippen LogP contribution in [-0.4, -0.2) is 21.8 Å². The normalized spacial score (nSPS) is 12.1. The van der Waals surface area contributed by atoms with Gasteiger partial charge >= 0.3 is 0 Å². The molecular formula is C24H21N5O4S2. The molecule has 0 spiro atoms. The molecule has 35 heavy (non-hydrogen) atoms. The number of nitrogens with one attached hydrogen (secondary N) is 3. The summed E-state index contributed by atoms with van der Waals surface area (Å²) in [5.74, 6) is 0. The Bertz CT molecular complexity index is 1650. The van der Waals surface area contributed by atoms with E-state index in [1.54, 1.807) is 60.7 Å². The highest BCUT2D eigenvalue weighted by atomic mass is 32.2. The number of fused-ring (bicyclic) bond motifs is 3. The van der Waals surface area contributed by atoms with Gasteiger partial charge in [-0.1, -0.05) is 0 Å². The van der Waals surface area contributed by atoms with E-state index >= 15 is 0 Å². The van der Waals surface area contributed by atoms with Gasteiger partial charge in [-0.15, -0.1) is 0 Å². The lowest BCUT2D eigenvalue weighted by molar-refractivity contribution is 0.599. The number of H-pyrrole nitrogens is 1. The highest BCUT2D eigenvalue weighted by Gasteiger charge is 2.19. The molecule has 0 aliphatic heterocycles. The molecule has 0 saturated carbocycles. The van der Waals surface area contributed by atoms with Gasteiger partial charge in [0.25, 0.3) is 20.0 Å². The lowest BCUT2D eigenvalue weighted by Crippen LogP contribution is -2.13. The second-order valence-electron chi connectivity index (χ2n) is 7.99. The zero-order chi connectivity index (χ0) is 24.8. The van der Waals surface area contributed by atoms with E-state index < -0.39 is 20.0 Å². The van der Waals surface area contributed by atoms with E-state index in [4.69, 9.17) is 11.5 Å². The van der Waals surface area contributed by atoms with Gasteiger partial charge in [0.1, 0.15) is 0 Å². The van der Waals surface area contributed by atoms with Gasteiger partial charge in [0.15, 0.2) is 0 Å². The van der Waals surface area contributed by atoms with Crippen molar-refractivity contribution in [3.63, 3.8) is 0 Å². The van der Waals surface area contributed by atoms with E-state index in [9.17, 15) is 16.8 Å². The molecule has 0 atom stereocenters. The Morgan fingerprint density at radius 2 is 0.914 bits per heavy atom. The third-order valence-corrected chi connectivity index (χ3v) is 8.25. The van der Waals surface area contributed by atoms with Crippen molar-refractivity contribution in [1.82, 2.24) is 4.98 Å². The Balaban J connectivity index is 1.53. The fourth-order valence-corrected chi connectivity index (χ4v) is 5.89. The number of benzene rings is 4. The average Bonchev–Trinajstić information content (AvgIpc) is 3.19. The molecule has 0 amide bonds. The highest BCUT2D eigenvalue weighted by molar-refractivity contribution is 7.93. The van der Waals surface area contributed by atoms with Crippen LogP contribution in [0, 0.1) is 0 Å². The molecule has 7 N–H and O–H groups in total. The molecule has 0 unspecified atom stereocenters. The number of anilines is 4. The molecule has 1 aromatic heterocycles. The Morgan fingerprint density at radius 1 is 0.543 bits per heavy atom. The van der Waals surface area contributed by atoms with Gasteiger partial charge in [0, 0.05) is 44.6 Å². The van der Waals surface area contributed by atoms with Gasteiger partial charge in [-0.2, -0.15) is 0 Å². The van der Waals surface area contributed by atoms with Crippen LogP contribution in [0.3, 0.4) is 0 Å². The molecule has 0 bridgehead atoms. The van der Waals surface area contributed by atoms with Gasteiger partial charge < -0.3 is 16.5 Å². The van der Waals surface area contributed by atoms with E-state index in [1.807, 2.05) is 0 Å². The van der Waals surface area contributed by atoms with Crippen molar-refractivity contribution < 1.29 is 16.8 Å². The van der Waals surface area contributed by atoms with Crippen molar-refractivity contribution in [2.45, 2.75) is 9.79 Å². The second kappa shape index (κ2) is 8.22. The number of aromatic amines is 1. The SMILES string of the molecule is Nc1ccc(NS(=O)(=O)c2ccc3[nH]c4ccc(S(=O)(=O)Nc5ccc(N)cc5)cc4c3c2)cc1. The topological polar surface area (TPSA) is 160 Å². The van der Waals surface area contributed by atoms with Crippen LogP contribution in [0.25, 0.3) is 21.8 Å². The zero-order valence-corrected chi connectivity index (χ0v) is 19.8. The average molecular weight is 508 g/mol. The van der Waals surface area contributed by atoms with E-state index in [-0.39, 0.29) is 9.79 Å². The summed E-state index contributed by atoms with van der Waals surface area (Å²) < 4.78 is 56.9. The third kappa shape index (κ3) is 4.46. The maximum Gasteiger partial charge on any atom is 0.261 e. The van der Waals surface area contributed by atoms with E-state index in [1.165, 1.54) is 24.3 Å². The molecule has 5 aromatic rings. The molecule has 11 heteroatoms. The highest BCUT2D eigenvalue weighted by Crippen LogP contribution is 2.31. The Morgan fingerprint density at radius 3 is 1.29 bits per heavy atom. The largest absolute Gasteiger partial charge is 0.399 e. The van der Waals surface area contributed by atoms with Crippen LogP contribution in [0.15, 0.2) is 94.7 Å². The number of nitrogens with two attached hydrogens (primary N) is 2. The fourth-order valence-electron chi connectivity index (χ4n) is 3.72. The fraction of sp³-hybridized carbons (Fsp3) is 0. The monoisotopic (exact) mass is 507 g/mol. The smallest absolute Gasteiger partial charge is 0.261 e. The molecular weight excluding hydrogens is 486 g/mol. The van der Waals surface area contributed by atoms with Crippen LogP contribution in [0.1, 0.15) is 0 Å². The molecule has 178 valence electrons. The lowest BCUT2D eigenvalue weighted by atomic mass is 10.1. The number of nitrogen functional groups attached to an aromatic ring is 2. The molecule has 1 heterocycles. The molecule has 0 fully saturated rings. The molecule has 9 nitrogen and oxygen atoms in total. The summed E-state index contributed by atoms with van der Waals surface area (Å²) >= 11 is 0. The summed E-state index contributed by atoms with van der Waals surface area (Å²) in [5, 5.41) is 1.15. The van der Waals surface area contributed by atoms with Crippen molar-refractivity contribution in [2.75, 3.05) is 20.9 Å². The minimum Gasteiger partial charge on any atom is -0.399 e. The number of aromatic nitrogens is 1. The van der Waals surface area contributed by atoms with E-state index in [0.717, 1.165) is 0 Å². The summed E-state index contributed by atoms with van der Waals surface area (Å²) in [6.07, 6.45) is 0. The molecule has 0 radical (unpaired) electrons. The number of hydrogen-bond donors (Lipinski definition) is 5. The van der Waals surface area contributed by atoms with Gasteiger partial charge in [0.2, 0.25) is 0 Å². The first-order valence-corrected chi connectivity index (χ1v) is 13.4. The van der Waals surface area contributed by atoms with Gasteiger partial charge in [-0.25, -0.2) is 16.8 Å². The van der Waals surface area contributed by atoms with Gasteiger partial charge in [0.05, 0.1) is 9.79 Å². The first-order chi connectivity index (χ1) is 16.6. The summed E-state index contributed by atoms with van der Waals surface area (Å²) in [6.45, 7) is 0. The summed E-state index contributed by atoms with van der Waals surface area (Å²) in [5.41, 5.74) is 14.5. The van der Waals surface area contributed by atoms with Crippen LogP contribution in [0.2, 0.25) is 0 Å². The van der Waals surface area contributed by atoms with Crippen LogP contribution in [0.4, 0.5) is 22.7 Å². The molecule has 0 aliphatic rings. The summed E-state index contributed by atoms with van der Waals surface area (Å²) in [6, 6.07) is 22.0. The van der Waals surface area contributed by atoms with Crippen molar-refractivity contribution in [1.29, 1.82) is 0 Å². The predicted molar refractivity (Wildman–Crippen MR) is 139 cm³/mol. The van der Waals surface area contributed by atoms with Crippen molar-refractivity contribution in [3.05, 3.63) is 84.9 Å². The van der Waals surface area contributed by atoms with Crippen LogP contribution in [-0.2, 0) is 20.0 Å². The van der Waals surface area contributed by atoms with Crippen molar-refractivity contribution in [2.24, 2.45) is 0 Å². The van der Waals surface area contributed by atoms with Crippen LogP contribution >= 0.6 is 0 Å². The van der Waals surface area contributed by atoms with Gasteiger partial charge in [-0.05, 0) is 84.9 Å². The maximum absolute atomic E-state index is 13.0. The number of rotatable bonds is 6. The number of sulfonamides is 2. The Labute approximate surface area is 201 Å². The minimum atomic E-state index is -3.89. The predicted octanol–water partition coefficient (Wildman–Crippen LogP) is 4.09. The number of hydrogen-bond acceptors (Lipinski definition) is 6. The zero-order valence-electron chi connectivity index (χ0n) is 18.2. The first-order valence-electron chi connectivity index (χ1n) is 10.4. The first kappa shape index (κ1) is 22.6. The maximum atomic E-state index is 13.0. The third-order valence-electron chi connectivity index (χ3n) is 5.49. The molecule has 4 aromatic carbocycles. The Hall–Kier alpha value is -4.22. The lowest BCUT2D eigenvalue weighted by Gasteiger charge is -2.09. The van der Waals surface area contributed by atoms with Crippen molar-refractivity contribution >= 4 is 64.6 Å². The second-order valence-corrected chi connectivity index (χ2v) is 11.4. The standard InChI is InChI=1S/C24H21N5O4S2/c25-15-1-5-17(6-2-15)28-34(30,31)19-9-11-23-21(13-19)22-14-20(10-12-24(22)27-23)35(32,33)29-18-7-3-16(26)4-8-18/h1-14,27-29H,25-26H2. The van der Waals surface area contributed by atoms with Crippen molar-refractivity contribution in [3.8, 4) is 0 Å². The summed E-state index contributed by atoms with van der Waals surface area (Å²) in [4.78, 5) is 3.26. The minimum absolute atomic E-state index is 0.0379. The molecule has 0 saturated heterocycles. The molecule has 5 rings (SSSR count). The Kier molecular flexibility index (Phi) is 5.30. The van der Waals surface area contributed by atoms with E-state index in [2.05, 4.69) is 14.4 Å². The summed E-state index contributed by atoms with van der Waals surface area (Å²) in [7, 11) is -7.78. The molecule has 0 aliphatic carbocycles. The van der Waals surface area contributed by atoms with Gasteiger partial charge in [-0.3, -0.25) is 9.44 Å².